The van der Waals surface area contributed by atoms with Crippen molar-refractivity contribution in [3.63, 3.8) is 0 Å². The van der Waals surface area contributed by atoms with Crippen LogP contribution in [-0.2, 0) is 6.42 Å². The Morgan fingerprint density at radius 3 is 2.42 bits per heavy atom. The minimum absolute atomic E-state index is 0.823. The van der Waals surface area contributed by atoms with Gasteiger partial charge >= 0.3 is 0 Å². The number of hydrogen-bond acceptors (Lipinski definition) is 3. The molecular formula is C16H23N3. The summed E-state index contributed by atoms with van der Waals surface area (Å²) < 4.78 is 0. The number of nitrogens with one attached hydrogen (secondary N) is 1. The molecule has 3 N–H and O–H groups in total. The third kappa shape index (κ3) is 7.15. The SMILES string of the molecule is C=C(CCCCCCCc1ccc(N)cc1)NC#N. The molecule has 1 aromatic rings. The Morgan fingerprint density at radius 2 is 1.74 bits per heavy atom. The second-order valence-corrected chi connectivity index (χ2v) is 4.85. The molecule has 0 aliphatic rings. The lowest BCUT2D eigenvalue weighted by Crippen LogP contribution is -2.02. The van der Waals surface area contributed by atoms with E-state index in [1.54, 1.807) is 0 Å². The van der Waals surface area contributed by atoms with E-state index in [1.165, 1.54) is 31.2 Å². The van der Waals surface area contributed by atoms with E-state index in [4.69, 9.17) is 11.0 Å². The van der Waals surface area contributed by atoms with Crippen molar-refractivity contribution in [1.29, 1.82) is 5.26 Å². The highest BCUT2D eigenvalue weighted by atomic mass is 14.9. The van der Waals surface area contributed by atoms with Crippen molar-refractivity contribution in [3.8, 4) is 6.19 Å². The van der Waals surface area contributed by atoms with Crippen LogP contribution < -0.4 is 11.1 Å². The molecule has 0 unspecified atom stereocenters. The van der Waals surface area contributed by atoms with Crippen LogP contribution in [0, 0.1) is 11.5 Å². The van der Waals surface area contributed by atoms with Crippen molar-refractivity contribution in [2.24, 2.45) is 0 Å². The van der Waals surface area contributed by atoms with Crippen molar-refractivity contribution in [2.45, 2.75) is 44.9 Å². The van der Waals surface area contributed by atoms with Gasteiger partial charge in [0.05, 0.1) is 0 Å². The molecule has 0 aromatic heterocycles. The summed E-state index contributed by atoms with van der Waals surface area (Å²) in [6.07, 6.45) is 9.94. The van der Waals surface area contributed by atoms with Gasteiger partial charge in [-0.05, 0) is 43.4 Å². The highest BCUT2D eigenvalue weighted by molar-refractivity contribution is 5.39. The highest BCUT2D eigenvalue weighted by Gasteiger charge is 1.96. The molecule has 0 saturated carbocycles. The lowest BCUT2D eigenvalue weighted by atomic mass is 10.0. The second kappa shape index (κ2) is 9.04. The van der Waals surface area contributed by atoms with Gasteiger partial charge in [0.2, 0.25) is 0 Å². The van der Waals surface area contributed by atoms with Gasteiger partial charge in [0.25, 0.3) is 0 Å². The van der Waals surface area contributed by atoms with Gasteiger partial charge in [-0.2, -0.15) is 5.26 Å². The number of allylic oxidation sites excluding steroid dienone is 1. The van der Waals surface area contributed by atoms with E-state index in [0.717, 1.165) is 30.6 Å². The first-order chi connectivity index (χ1) is 9.22. The summed E-state index contributed by atoms with van der Waals surface area (Å²) in [4.78, 5) is 0. The van der Waals surface area contributed by atoms with E-state index in [2.05, 4.69) is 24.0 Å². The number of nitriles is 1. The van der Waals surface area contributed by atoms with Crippen LogP contribution in [0.4, 0.5) is 5.69 Å². The molecule has 0 atom stereocenters. The van der Waals surface area contributed by atoms with Crippen LogP contribution in [-0.4, -0.2) is 0 Å². The number of rotatable bonds is 9. The minimum Gasteiger partial charge on any atom is -0.399 e. The van der Waals surface area contributed by atoms with E-state index < -0.39 is 0 Å². The van der Waals surface area contributed by atoms with Crippen LogP contribution in [0.3, 0.4) is 0 Å². The Balaban J connectivity index is 1.98. The molecular weight excluding hydrogens is 234 g/mol. The quantitative estimate of drug-likeness (QED) is 0.306. The van der Waals surface area contributed by atoms with Gasteiger partial charge in [0.15, 0.2) is 6.19 Å². The predicted octanol–water partition coefficient (Wildman–Crippen LogP) is 3.74. The molecule has 0 heterocycles. The minimum atomic E-state index is 0.823. The lowest BCUT2D eigenvalue weighted by molar-refractivity contribution is 0.608. The number of nitrogens with zero attached hydrogens (tertiary/aromatic N) is 1. The molecule has 1 rings (SSSR count). The maximum absolute atomic E-state index is 8.40. The van der Waals surface area contributed by atoms with Crippen molar-refractivity contribution < 1.29 is 0 Å². The van der Waals surface area contributed by atoms with Crippen molar-refractivity contribution >= 4 is 5.69 Å². The van der Waals surface area contributed by atoms with Gasteiger partial charge in [-0.25, -0.2) is 0 Å². The van der Waals surface area contributed by atoms with Crippen molar-refractivity contribution in [2.75, 3.05) is 5.73 Å². The zero-order chi connectivity index (χ0) is 13.9. The fraction of sp³-hybridized carbons (Fsp3) is 0.438. The van der Waals surface area contributed by atoms with Crippen LogP contribution in [0.1, 0.15) is 44.1 Å². The Kier molecular flexibility index (Phi) is 7.19. The van der Waals surface area contributed by atoms with Gasteiger partial charge in [-0.15, -0.1) is 0 Å². The lowest BCUT2D eigenvalue weighted by Gasteiger charge is -2.04. The summed E-state index contributed by atoms with van der Waals surface area (Å²) >= 11 is 0. The number of benzene rings is 1. The van der Waals surface area contributed by atoms with Gasteiger partial charge < -0.3 is 5.73 Å². The Morgan fingerprint density at radius 1 is 1.11 bits per heavy atom. The van der Waals surface area contributed by atoms with Crippen LogP contribution >= 0.6 is 0 Å². The van der Waals surface area contributed by atoms with Gasteiger partial charge in [0, 0.05) is 11.4 Å². The van der Waals surface area contributed by atoms with Crippen LogP contribution in [0.5, 0.6) is 0 Å². The van der Waals surface area contributed by atoms with E-state index in [1.807, 2.05) is 18.3 Å². The fourth-order valence-electron chi connectivity index (χ4n) is 2.02. The van der Waals surface area contributed by atoms with Crippen LogP contribution in [0.25, 0.3) is 0 Å². The zero-order valence-electron chi connectivity index (χ0n) is 11.5. The summed E-state index contributed by atoms with van der Waals surface area (Å²) in [6, 6.07) is 8.13. The van der Waals surface area contributed by atoms with Gasteiger partial charge in [-0.3, -0.25) is 5.32 Å². The fourth-order valence-corrected chi connectivity index (χ4v) is 2.02. The number of nitrogen functional groups attached to an aromatic ring is 1. The first-order valence-electron chi connectivity index (χ1n) is 6.89. The molecule has 0 amide bonds. The molecule has 0 bridgehead atoms. The Bertz CT molecular complexity index is 415. The second-order valence-electron chi connectivity index (χ2n) is 4.85. The van der Waals surface area contributed by atoms with Crippen molar-refractivity contribution in [3.05, 3.63) is 42.1 Å². The van der Waals surface area contributed by atoms with Gasteiger partial charge in [-0.1, -0.05) is 38.0 Å². The zero-order valence-corrected chi connectivity index (χ0v) is 11.5. The molecule has 0 radical (unpaired) electrons. The van der Waals surface area contributed by atoms with Crippen LogP contribution in [0.15, 0.2) is 36.5 Å². The maximum Gasteiger partial charge on any atom is 0.181 e. The summed E-state index contributed by atoms with van der Waals surface area (Å²) in [5.41, 5.74) is 8.66. The summed E-state index contributed by atoms with van der Waals surface area (Å²) in [5, 5.41) is 11.0. The van der Waals surface area contributed by atoms with E-state index in [0.29, 0.717) is 0 Å². The van der Waals surface area contributed by atoms with Crippen molar-refractivity contribution in [1.82, 2.24) is 5.32 Å². The van der Waals surface area contributed by atoms with Gasteiger partial charge in [0.1, 0.15) is 0 Å². The average Bonchev–Trinajstić information content (AvgIpc) is 2.40. The molecule has 19 heavy (non-hydrogen) atoms. The standard InChI is InChI=1S/C16H23N3/c1-14(19-13-17)7-5-3-2-4-6-8-15-9-11-16(18)12-10-15/h9-12,19H,1-8,18H2. The molecule has 102 valence electrons. The third-order valence-electron chi connectivity index (χ3n) is 3.16. The summed E-state index contributed by atoms with van der Waals surface area (Å²) in [7, 11) is 0. The predicted molar refractivity (Wildman–Crippen MR) is 80.1 cm³/mol. The number of aryl methyl sites for hydroxylation is 1. The Hall–Kier alpha value is -1.95. The summed E-state index contributed by atoms with van der Waals surface area (Å²) in [6.45, 7) is 3.78. The average molecular weight is 257 g/mol. The monoisotopic (exact) mass is 257 g/mol. The molecule has 3 nitrogen and oxygen atoms in total. The normalized spacial score (nSPS) is 9.84. The smallest absolute Gasteiger partial charge is 0.181 e. The van der Waals surface area contributed by atoms with Crippen LogP contribution in [0.2, 0.25) is 0 Å². The first-order valence-corrected chi connectivity index (χ1v) is 6.89. The molecule has 0 saturated heterocycles. The topological polar surface area (TPSA) is 61.8 Å². The number of nitrogens with two attached hydrogens (primary N) is 1. The maximum atomic E-state index is 8.40. The molecule has 3 heteroatoms. The third-order valence-corrected chi connectivity index (χ3v) is 3.16. The number of anilines is 1. The molecule has 0 aliphatic carbocycles. The molecule has 1 aromatic carbocycles. The van der Waals surface area contributed by atoms with E-state index in [-0.39, 0.29) is 0 Å². The largest absolute Gasteiger partial charge is 0.399 e. The highest BCUT2D eigenvalue weighted by Crippen LogP contribution is 2.12. The molecule has 0 spiro atoms. The summed E-state index contributed by atoms with van der Waals surface area (Å²) in [5.74, 6) is 0. The first kappa shape index (κ1) is 15.1. The van der Waals surface area contributed by atoms with E-state index in [9.17, 15) is 0 Å². The van der Waals surface area contributed by atoms with E-state index >= 15 is 0 Å². The molecule has 0 fully saturated rings. The number of unbranched alkanes of at least 4 members (excludes halogenated alkanes) is 4. The molecule has 0 aliphatic heterocycles. The Labute approximate surface area is 116 Å². The number of hydrogen-bond donors (Lipinski definition) is 2.